The third-order valence-corrected chi connectivity index (χ3v) is 5.33. The van der Waals surface area contributed by atoms with Gasteiger partial charge in [-0.1, -0.05) is 30.3 Å². The smallest absolute Gasteiger partial charge is 0.417 e. The number of carbonyl (C=O) groups excluding carboxylic acids is 2. The minimum Gasteiger partial charge on any atom is -0.463 e. The van der Waals surface area contributed by atoms with Crippen molar-refractivity contribution >= 4 is 24.1 Å². The number of hydrogen-bond acceptors (Lipinski definition) is 7. The first-order valence-corrected chi connectivity index (χ1v) is 11.7. The topological polar surface area (TPSA) is 84.9 Å². The number of likely N-dealkylation sites (tertiary alicyclic amines) is 1. The number of aromatic nitrogens is 2. The van der Waals surface area contributed by atoms with Crippen molar-refractivity contribution in [2.75, 3.05) is 31.1 Å². The van der Waals surface area contributed by atoms with Gasteiger partial charge in [-0.2, -0.15) is 0 Å². The zero-order valence-corrected chi connectivity index (χ0v) is 20.4. The number of hydrogen-bond donors (Lipinski definition) is 0. The average molecular weight is 467 g/mol. The average Bonchev–Trinajstić information content (AvgIpc) is 3.25. The lowest BCUT2D eigenvalue weighted by Gasteiger charge is -2.30. The quantitative estimate of drug-likeness (QED) is 0.427. The van der Waals surface area contributed by atoms with Crippen LogP contribution in [0.25, 0.3) is 6.08 Å². The molecular formula is C26H34N4O4. The van der Waals surface area contributed by atoms with Crippen LogP contribution >= 0.6 is 0 Å². The summed E-state index contributed by atoms with van der Waals surface area (Å²) in [4.78, 5) is 37.4. The summed E-state index contributed by atoms with van der Waals surface area (Å²) in [7, 11) is 0. The van der Waals surface area contributed by atoms with Crippen molar-refractivity contribution in [1.29, 1.82) is 0 Å². The van der Waals surface area contributed by atoms with E-state index in [4.69, 9.17) is 9.47 Å². The predicted molar refractivity (Wildman–Crippen MR) is 131 cm³/mol. The second-order valence-electron chi connectivity index (χ2n) is 9.23. The van der Waals surface area contributed by atoms with Gasteiger partial charge in [-0.15, -0.1) is 0 Å². The summed E-state index contributed by atoms with van der Waals surface area (Å²) >= 11 is 0. The number of anilines is 1. The Morgan fingerprint density at radius 1 is 1.18 bits per heavy atom. The van der Waals surface area contributed by atoms with Gasteiger partial charge in [0.15, 0.2) is 0 Å². The number of amides is 1. The molecule has 2 aromatic rings. The molecule has 3 rings (SSSR count). The van der Waals surface area contributed by atoms with Crippen molar-refractivity contribution in [2.24, 2.45) is 0 Å². The van der Waals surface area contributed by atoms with Gasteiger partial charge in [0.25, 0.3) is 0 Å². The van der Waals surface area contributed by atoms with Crippen molar-refractivity contribution in [3.8, 4) is 0 Å². The summed E-state index contributed by atoms with van der Waals surface area (Å²) in [6.45, 7) is 10.1. The van der Waals surface area contributed by atoms with Gasteiger partial charge in [0.2, 0.25) is 5.95 Å². The first-order chi connectivity index (χ1) is 16.2. The molecule has 1 saturated heterocycles. The molecule has 1 atom stereocenters. The maximum absolute atomic E-state index is 13.1. The SMILES string of the molecule is CCOC(=O)C=Cc1cnc(N(C(=O)OC(C)(C)C)[C@@H]2CCN(CCc3ccccc3)C2)nc1. The van der Waals surface area contributed by atoms with E-state index < -0.39 is 17.7 Å². The Hall–Kier alpha value is -3.26. The van der Waals surface area contributed by atoms with E-state index in [1.54, 1.807) is 30.3 Å². The van der Waals surface area contributed by atoms with Crippen molar-refractivity contribution in [3.05, 3.63) is 59.9 Å². The first-order valence-electron chi connectivity index (χ1n) is 11.7. The van der Waals surface area contributed by atoms with Gasteiger partial charge in [0.1, 0.15) is 5.60 Å². The lowest BCUT2D eigenvalue weighted by Crippen LogP contribution is -2.46. The fraction of sp³-hybridized carbons (Fsp3) is 0.462. The molecule has 1 amide bonds. The fourth-order valence-corrected chi connectivity index (χ4v) is 3.76. The van der Waals surface area contributed by atoms with Crippen molar-refractivity contribution < 1.29 is 19.1 Å². The van der Waals surface area contributed by atoms with Crippen molar-refractivity contribution in [3.63, 3.8) is 0 Å². The van der Waals surface area contributed by atoms with Gasteiger partial charge in [-0.05, 0) is 52.2 Å². The maximum atomic E-state index is 13.1. The van der Waals surface area contributed by atoms with E-state index in [1.165, 1.54) is 11.6 Å². The zero-order chi connectivity index (χ0) is 24.6. The highest BCUT2D eigenvalue weighted by atomic mass is 16.6. The van der Waals surface area contributed by atoms with E-state index in [0.717, 1.165) is 32.5 Å². The molecule has 0 unspecified atom stereocenters. The molecule has 34 heavy (non-hydrogen) atoms. The van der Waals surface area contributed by atoms with Crippen LogP contribution in [0.15, 0.2) is 48.8 Å². The fourth-order valence-electron chi connectivity index (χ4n) is 3.76. The molecule has 1 aromatic carbocycles. The van der Waals surface area contributed by atoms with Gasteiger partial charge in [-0.3, -0.25) is 0 Å². The Labute approximate surface area is 201 Å². The van der Waals surface area contributed by atoms with E-state index in [1.807, 2.05) is 26.8 Å². The summed E-state index contributed by atoms with van der Waals surface area (Å²) in [6.07, 6.45) is 7.38. The van der Waals surface area contributed by atoms with Crippen LogP contribution in [0.1, 0.15) is 45.2 Å². The lowest BCUT2D eigenvalue weighted by atomic mass is 10.1. The molecule has 0 N–H and O–H groups in total. The van der Waals surface area contributed by atoms with E-state index in [0.29, 0.717) is 12.2 Å². The predicted octanol–water partition coefficient (Wildman–Crippen LogP) is 4.11. The van der Waals surface area contributed by atoms with Gasteiger partial charge in [0, 0.05) is 43.7 Å². The number of ether oxygens (including phenoxy) is 2. The third kappa shape index (κ3) is 7.66. The van der Waals surface area contributed by atoms with Gasteiger partial charge < -0.3 is 14.4 Å². The Morgan fingerprint density at radius 3 is 2.53 bits per heavy atom. The highest BCUT2D eigenvalue weighted by Crippen LogP contribution is 2.23. The van der Waals surface area contributed by atoms with Crippen LogP contribution in [0.5, 0.6) is 0 Å². The van der Waals surface area contributed by atoms with Crippen LogP contribution in [0, 0.1) is 0 Å². The molecule has 1 aliphatic heterocycles. The number of esters is 1. The Kier molecular flexibility index (Phi) is 8.76. The van der Waals surface area contributed by atoms with E-state index in [9.17, 15) is 9.59 Å². The molecule has 8 nitrogen and oxygen atoms in total. The Balaban J connectivity index is 1.71. The van der Waals surface area contributed by atoms with E-state index in [2.05, 4.69) is 39.1 Å². The number of benzene rings is 1. The molecule has 182 valence electrons. The lowest BCUT2D eigenvalue weighted by molar-refractivity contribution is -0.137. The third-order valence-electron chi connectivity index (χ3n) is 5.33. The van der Waals surface area contributed by atoms with Gasteiger partial charge >= 0.3 is 12.1 Å². The number of rotatable bonds is 8. The Morgan fingerprint density at radius 2 is 1.88 bits per heavy atom. The molecule has 1 fully saturated rings. The summed E-state index contributed by atoms with van der Waals surface area (Å²) in [5, 5.41) is 0. The van der Waals surface area contributed by atoms with E-state index >= 15 is 0 Å². The largest absolute Gasteiger partial charge is 0.463 e. The molecule has 1 aromatic heterocycles. The second-order valence-corrected chi connectivity index (χ2v) is 9.23. The van der Waals surface area contributed by atoms with Crippen LogP contribution < -0.4 is 4.90 Å². The summed E-state index contributed by atoms with van der Waals surface area (Å²) in [6, 6.07) is 10.3. The molecule has 0 bridgehead atoms. The molecule has 0 aliphatic carbocycles. The van der Waals surface area contributed by atoms with Gasteiger partial charge in [-0.25, -0.2) is 24.5 Å². The Bertz CT molecular complexity index is 971. The maximum Gasteiger partial charge on any atom is 0.417 e. The molecule has 1 aliphatic rings. The normalized spacial score (nSPS) is 16.5. The molecule has 0 radical (unpaired) electrons. The second kappa shape index (κ2) is 11.7. The number of carbonyl (C=O) groups is 2. The molecule has 0 spiro atoms. The van der Waals surface area contributed by atoms with Crippen molar-refractivity contribution in [1.82, 2.24) is 14.9 Å². The molecular weight excluding hydrogens is 432 g/mol. The molecule has 8 heteroatoms. The monoisotopic (exact) mass is 466 g/mol. The van der Waals surface area contributed by atoms with Crippen LogP contribution in [-0.2, 0) is 20.7 Å². The van der Waals surface area contributed by atoms with Gasteiger partial charge in [0.05, 0.1) is 12.6 Å². The highest BCUT2D eigenvalue weighted by Gasteiger charge is 2.35. The highest BCUT2D eigenvalue weighted by molar-refractivity contribution is 5.87. The van der Waals surface area contributed by atoms with Crippen LogP contribution in [0.3, 0.4) is 0 Å². The van der Waals surface area contributed by atoms with Crippen LogP contribution in [0.2, 0.25) is 0 Å². The zero-order valence-electron chi connectivity index (χ0n) is 20.4. The molecule has 2 heterocycles. The molecule has 0 saturated carbocycles. The minimum atomic E-state index is -0.636. The summed E-state index contributed by atoms with van der Waals surface area (Å²) < 4.78 is 10.6. The van der Waals surface area contributed by atoms with Crippen LogP contribution in [0.4, 0.5) is 10.7 Å². The number of nitrogens with zero attached hydrogens (tertiary/aromatic N) is 4. The minimum absolute atomic E-state index is 0.0912. The summed E-state index contributed by atoms with van der Waals surface area (Å²) in [5.41, 5.74) is 1.30. The summed E-state index contributed by atoms with van der Waals surface area (Å²) in [5.74, 6) is -0.138. The standard InChI is InChI=1S/C26H34N4O4/c1-5-33-23(31)12-11-21-17-27-24(28-18-21)30(25(32)34-26(2,3)4)22-14-16-29(19-22)15-13-20-9-7-6-8-10-20/h6-12,17-18,22H,5,13-16,19H2,1-4H3/t22-/m1/s1. The first kappa shape index (κ1) is 25.4. The van der Waals surface area contributed by atoms with E-state index in [-0.39, 0.29) is 12.0 Å². The van der Waals surface area contributed by atoms with Crippen molar-refractivity contribution in [2.45, 2.75) is 52.2 Å². The van der Waals surface area contributed by atoms with Crippen LogP contribution in [-0.4, -0.2) is 64.8 Å².